The summed E-state index contributed by atoms with van der Waals surface area (Å²) in [6.45, 7) is 5.21. The number of carbonyl (C=O) groups excluding carboxylic acids is 1. The SMILES string of the molecule is CC(C)(C)N(CC(=O)O)C(=O)CCc1ccccn1. The highest BCUT2D eigenvalue weighted by atomic mass is 16.4. The predicted molar refractivity (Wildman–Crippen MR) is 71.7 cm³/mol. The molecule has 0 unspecified atom stereocenters. The molecule has 1 amide bonds. The second-order valence-electron chi connectivity index (χ2n) is 5.37. The fourth-order valence-corrected chi connectivity index (χ4v) is 1.75. The number of hydrogen-bond donors (Lipinski definition) is 1. The van der Waals surface area contributed by atoms with E-state index in [1.54, 1.807) is 6.20 Å². The molecule has 0 aliphatic carbocycles. The molecule has 0 fully saturated rings. The highest BCUT2D eigenvalue weighted by Crippen LogP contribution is 2.15. The monoisotopic (exact) mass is 264 g/mol. The first kappa shape index (κ1) is 15.1. The molecule has 1 aromatic heterocycles. The van der Waals surface area contributed by atoms with Crippen molar-refractivity contribution in [2.24, 2.45) is 0 Å². The molecule has 1 rings (SSSR count). The first-order chi connectivity index (χ1) is 8.80. The standard InChI is InChI=1S/C14H20N2O3/c1-14(2,3)16(10-13(18)19)12(17)8-7-11-6-4-5-9-15-11/h4-6,9H,7-8,10H2,1-3H3,(H,18,19). The lowest BCUT2D eigenvalue weighted by atomic mass is 10.0. The molecule has 5 nitrogen and oxygen atoms in total. The summed E-state index contributed by atoms with van der Waals surface area (Å²) in [7, 11) is 0. The average molecular weight is 264 g/mol. The summed E-state index contributed by atoms with van der Waals surface area (Å²) in [5.41, 5.74) is 0.333. The van der Waals surface area contributed by atoms with E-state index in [4.69, 9.17) is 5.11 Å². The number of carbonyl (C=O) groups is 2. The van der Waals surface area contributed by atoms with Crippen molar-refractivity contribution in [2.75, 3.05) is 6.54 Å². The van der Waals surface area contributed by atoms with Crippen molar-refractivity contribution < 1.29 is 14.7 Å². The third kappa shape index (κ3) is 5.07. The van der Waals surface area contributed by atoms with Crippen LogP contribution in [-0.4, -0.2) is 39.0 Å². The minimum absolute atomic E-state index is 0.166. The molecule has 0 bridgehead atoms. The molecule has 0 radical (unpaired) electrons. The van der Waals surface area contributed by atoms with Gasteiger partial charge < -0.3 is 10.0 Å². The second-order valence-corrected chi connectivity index (χ2v) is 5.37. The van der Waals surface area contributed by atoms with Crippen LogP contribution >= 0.6 is 0 Å². The maximum atomic E-state index is 12.1. The van der Waals surface area contributed by atoms with E-state index in [2.05, 4.69) is 4.98 Å². The molecule has 1 heterocycles. The molecule has 0 saturated heterocycles. The zero-order chi connectivity index (χ0) is 14.5. The number of rotatable bonds is 5. The van der Waals surface area contributed by atoms with Gasteiger partial charge in [-0.15, -0.1) is 0 Å². The highest BCUT2D eigenvalue weighted by Gasteiger charge is 2.27. The first-order valence-electron chi connectivity index (χ1n) is 6.23. The molecular weight excluding hydrogens is 244 g/mol. The van der Waals surface area contributed by atoms with E-state index < -0.39 is 11.5 Å². The maximum absolute atomic E-state index is 12.1. The molecule has 0 saturated carbocycles. The molecule has 104 valence electrons. The maximum Gasteiger partial charge on any atom is 0.323 e. The second kappa shape index (κ2) is 6.31. The lowest BCUT2D eigenvalue weighted by Gasteiger charge is -2.34. The Morgan fingerprint density at radius 1 is 1.32 bits per heavy atom. The Morgan fingerprint density at radius 2 is 2.00 bits per heavy atom. The van der Waals surface area contributed by atoms with Crippen molar-refractivity contribution >= 4 is 11.9 Å². The lowest BCUT2D eigenvalue weighted by Crippen LogP contribution is -2.48. The molecular formula is C14H20N2O3. The van der Waals surface area contributed by atoms with Gasteiger partial charge in [-0.3, -0.25) is 14.6 Å². The van der Waals surface area contributed by atoms with Crippen LogP contribution in [0.2, 0.25) is 0 Å². The smallest absolute Gasteiger partial charge is 0.323 e. The molecule has 0 aliphatic rings. The number of aliphatic carboxylic acids is 1. The average Bonchev–Trinajstić information content (AvgIpc) is 2.33. The van der Waals surface area contributed by atoms with Crippen molar-refractivity contribution in [1.29, 1.82) is 0 Å². The van der Waals surface area contributed by atoms with Crippen molar-refractivity contribution in [3.8, 4) is 0 Å². The van der Waals surface area contributed by atoms with Crippen molar-refractivity contribution in [2.45, 2.75) is 39.2 Å². The van der Waals surface area contributed by atoms with Crippen LogP contribution in [0.4, 0.5) is 0 Å². The van der Waals surface area contributed by atoms with E-state index in [-0.39, 0.29) is 18.9 Å². The Kier molecular flexibility index (Phi) is 5.03. The van der Waals surface area contributed by atoms with Gasteiger partial charge in [-0.2, -0.15) is 0 Å². The Balaban J connectivity index is 2.65. The molecule has 0 atom stereocenters. The molecule has 0 aliphatic heterocycles. The normalized spacial score (nSPS) is 11.1. The number of aromatic nitrogens is 1. The van der Waals surface area contributed by atoms with Crippen LogP contribution in [0.5, 0.6) is 0 Å². The van der Waals surface area contributed by atoms with E-state index in [9.17, 15) is 9.59 Å². The summed E-state index contributed by atoms with van der Waals surface area (Å²) >= 11 is 0. The summed E-state index contributed by atoms with van der Waals surface area (Å²) < 4.78 is 0. The van der Waals surface area contributed by atoms with Crippen LogP contribution in [0.1, 0.15) is 32.9 Å². The predicted octanol–water partition coefficient (Wildman–Crippen LogP) is 1.73. The fourth-order valence-electron chi connectivity index (χ4n) is 1.75. The van der Waals surface area contributed by atoms with Crippen LogP contribution < -0.4 is 0 Å². The van der Waals surface area contributed by atoms with E-state index in [1.807, 2.05) is 39.0 Å². The Hall–Kier alpha value is -1.91. The summed E-state index contributed by atoms with van der Waals surface area (Å²) in [5, 5.41) is 8.88. The molecule has 1 aromatic rings. The molecule has 0 spiro atoms. The number of hydrogen-bond acceptors (Lipinski definition) is 3. The molecule has 5 heteroatoms. The van der Waals surface area contributed by atoms with Crippen LogP contribution in [0.15, 0.2) is 24.4 Å². The van der Waals surface area contributed by atoms with Gasteiger partial charge >= 0.3 is 5.97 Å². The van der Waals surface area contributed by atoms with Crippen molar-refractivity contribution in [3.63, 3.8) is 0 Å². The van der Waals surface area contributed by atoms with Crippen molar-refractivity contribution in [1.82, 2.24) is 9.88 Å². The van der Waals surface area contributed by atoms with E-state index in [0.717, 1.165) is 5.69 Å². The van der Waals surface area contributed by atoms with Gasteiger partial charge in [0.15, 0.2) is 0 Å². The number of carboxylic acid groups (broad SMARTS) is 1. The largest absolute Gasteiger partial charge is 0.480 e. The minimum Gasteiger partial charge on any atom is -0.480 e. The number of nitrogens with zero attached hydrogens (tertiary/aromatic N) is 2. The zero-order valence-corrected chi connectivity index (χ0v) is 11.6. The molecule has 1 N–H and O–H groups in total. The highest BCUT2D eigenvalue weighted by molar-refractivity contribution is 5.82. The van der Waals surface area contributed by atoms with Gasteiger partial charge in [0.25, 0.3) is 0 Å². The summed E-state index contributed by atoms with van der Waals surface area (Å²) in [6, 6.07) is 5.54. The number of amides is 1. The minimum atomic E-state index is -0.999. The van der Waals surface area contributed by atoms with Crippen LogP contribution in [0.3, 0.4) is 0 Å². The number of carboxylic acids is 1. The van der Waals surface area contributed by atoms with Gasteiger partial charge in [0.05, 0.1) is 0 Å². The quantitative estimate of drug-likeness (QED) is 0.879. The fraction of sp³-hybridized carbons (Fsp3) is 0.500. The Morgan fingerprint density at radius 3 is 2.47 bits per heavy atom. The van der Waals surface area contributed by atoms with E-state index in [0.29, 0.717) is 6.42 Å². The van der Waals surface area contributed by atoms with E-state index in [1.165, 1.54) is 4.90 Å². The summed E-state index contributed by atoms with van der Waals surface area (Å²) in [4.78, 5) is 28.5. The van der Waals surface area contributed by atoms with Gasteiger partial charge in [-0.25, -0.2) is 0 Å². The summed E-state index contributed by atoms with van der Waals surface area (Å²) in [6.07, 6.45) is 2.46. The zero-order valence-electron chi connectivity index (χ0n) is 11.6. The van der Waals surface area contributed by atoms with Gasteiger partial charge in [-0.1, -0.05) is 6.07 Å². The topological polar surface area (TPSA) is 70.5 Å². The molecule has 0 aromatic carbocycles. The number of aryl methyl sites for hydroxylation is 1. The third-order valence-corrected chi connectivity index (χ3v) is 2.73. The van der Waals surface area contributed by atoms with Gasteiger partial charge in [-0.05, 0) is 39.3 Å². The van der Waals surface area contributed by atoms with Gasteiger partial charge in [0, 0.05) is 23.9 Å². The van der Waals surface area contributed by atoms with Crippen molar-refractivity contribution in [3.05, 3.63) is 30.1 Å². The van der Waals surface area contributed by atoms with Crippen LogP contribution in [-0.2, 0) is 16.0 Å². The van der Waals surface area contributed by atoms with E-state index >= 15 is 0 Å². The van der Waals surface area contributed by atoms with Gasteiger partial charge in [0.2, 0.25) is 5.91 Å². The summed E-state index contributed by atoms with van der Waals surface area (Å²) in [5.74, 6) is -1.17. The lowest BCUT2D eigenvalue weighted by molar-refractivity contribution is -0.148. The Labute approximate surface area is 113 Å². The number of pyridine rings is 1. The van der Waals surface area contributed by atoms with Crippen LogP contribution in [0, 0.1) is 0 Å². The molecule has 19 heavy (non-hydrogen) atoms. The third-order valence-electron chi connectivity index (χ3n) is 2.73. The van der Waals surface area contributed by atoms with Gasteiger partial charge in [0.1, 0.15) is 6.54 Å². The first-order valence-corrected chi connectivity index (χ1v) is 6.23. The Bertz CT molecular complexity index is 438. The van der Waals surface area contributed by atoms with Crippen LogP contribution in [0.25, 0.3) is 0 Å².